The van der Waals surface area contributed by atoms with Crippen LogP contribution in [-0.2, 0) is 9.59 Å². The summed E-state index contributed by atoms with van der Waals surface area (Å²) >= 11 is 0. The molecule has 1 amide bonds. The fourth-order valence-electron chi connectivity index (χ4n) is 4.12. The van der Waals surface area contributed by atoms with Crippen molar-refractivity contribution in [2.75, 3.05) is 19.7 Å². The number of rotatable bonds is 7. The number of amides is 1. The van der Waals surface area contributed by atoms with E-state index in [2.05, 4.69) is 5.32 Å². The number of ether oxygens (including phenoxy) is 1. The third kappa shape index (κ3) is 5.11. The van der Waals surface area contributed by atoms with Crippen molar-refractivity contribution in [3.8, 4) is 5.75 Å². The number of carboxylic acid groups (broad SMARTS) is 1. The van der Waals surface area contributed by atoms with Crippen LogP contribution < -0.4 is 10.1 Å². The van der Waals surface area contributed by atoms with Crippen molar-refractivity contribution in [1.29, 1.82) is 0 Å². The molecule has 0 spiro atoms. The average molecular weight is 383 g/mol. The Labute approximate surface area is 160 Å². The molecule has 7 heteroatoms. The monoisotopic (exact) mass is 382 g/mol. The van der Waals surface area contributed by atoms with E-state index < -0.39 is 12.0 Å². The minimum Gasteiger partial charge on any atom is -0.492 e. The van der Waals surface area contributed by atoms with E-state index in [4.69, 9.17) is 4.74 Å². The van der Waals surface area contributed by atoms with Gasteiger partial charge in [-0.1, -0.05) is 31.0 Å². The number of nitrogens with zero attached hydrogens (tertiary/aromatic N) is 1. The Morgan fingerprint density at radius 1 is 1.19 bits per heavy atom. The number of fused-ring (bicyclic) bond motifs is 1. The van der Waals surface area contributed by atoms with E-state index in [9.17, 15) is 14.7 Å². The number of carbonyl (C=O) groups excluding carboxylic acids is 1. The van der Waals surface area contributed by atoms with Gasteiger partial charge in [-0.2, -0.15) is 0 Å². The summed E-state index contributed by atoms with van der Waals surface area (Å²) in [7, 11) is 0. The molecule has 26 heavy (non-hydrogen) atoms. The van der Waals surface area contributed by atoms with Crippen molar-refractivity contribution in [1.82, 2.24) is 10.2 Å². The normalized spacial score (nSPS) is 25.0. The van der Waals surface area contributed by atoms with Crippen molar-refractivity contribution >= 4 is 24.3 Å². The van der Waals surface area contributed by atoms with E-state index in [0.29, 0.717) is 25.5 Å². The summed E-state index contributed by atoms with van der Waals surface area (Å²) in [6.45, 7) is 0.959. The van der Waals surface area contributed by atoms with Crippen molar-refractivity contribution < 1.29 is 19.4 Å². The first-order valence-corrected chi connectivity index (χ1v) is 9.08. The first-order valence-electron chi connectivity index (χ1n) is 9.08. The van der Waals surface area contributed by atoms with Gasteiger partial charge in [0.25, 0.3) is 0 Å². The van der Waals surface area contributed by atoms with E-state index in [-0.39, 0.29) is 30.9 Å². The molecule has 1 aromatic rings. The number of aliphatic carboxylic acids is 1. The van der Waals surface area contributed by atoms with Gasteiger partial charge in [0.2, 0.25) is 5.91 Å². The first kappa shape index (κ1) is 20.5. The predicted octanol–water partition coefficient (Wildman–Crippen LogP) is 2.32. The molecule has 0 aromatic heterocycles. The predicted molar refractivity (Wildman–Crippen MR) is 101 cm³/mol. The van der Waals surface area contributed by atoms with Gasteiger partial charge >= 0.3 is 5.97 Å². The summed E-state index contributed by atoms with van der Waals surface area (Å²) in [4.78, 5) is 25.7. The quantitative estimate of drug-likeness (QED) is 0.707. The van der Waals surface area contributed by atoms with Gasteiger partial charge in [-0.25, -0.2) is 0 Å². The number of likely N-dealkylation sites (tertiary alicyclic amines) is 1. The van der Waals surface area contributed by atoms with E-state index in [1.54, 1.807) is 0 Å². The topological polar surface area (TPSA) is 78.9 Å². The summed E-state index contributed by atoms with van der Waals surface area (Å²) in [5, 5.41) is 12.3. The van der Waals surface area contributed by atoms with E-state index in [1.807, 2.05) is 35.2 Å². The molecule has 0 radical (unpaired) electrons. The van der Waals surface area contributed by atoms with Gasteiger partial charge in [0.15, 0.2) is 0 Å². The number of para-hydroxylation sites is 1. The zero-order chi connectivity index (χ0) is 17.6. The third-order valence-corrected chi connectivity index (χ3v) is 5.27. The van der Waals surface area contributed by atoms with Gasteiger partial charge in [-0.15, -0.1) is 12.4 Å². The molecule has 1 saturated heterocycles. The molecule has 1 aliphatic heterocycles. The average Bonchev–Trinajstić information content (AvgIpc) is 2.99. The summed E-state index contributed by atoms with van der Waals surface area (Å²) < 4.78 is 5.55. The molecule has 1 aliphatic carbocycles. The van der Waals surface area contributed by atoms with Crippen LogP contribution in [0.4, 0.5) is 0 Å². The van der Waals surface area contributed by atoms with Crippen molar-refractivity contribution in [2.24, 2.45) is 5.92 Å². The van der Waals surface area contributed by atoms with Gasteiger partial charge < -0.3 is 15.2 Å². The van der Waals surface area contributed by atoms with E-state index in [0.717, 1.165) is 25.0 Å². The minimum atomic E-state index is -0.811. The molecule has 2 N–H and O–H groups in total. The summed E-state index contributed by atoms with van der Waals surface area (Å²) in [5.74, 6) is 0.250. The lowest BCUT2D eigenvalue weighted by atomic mass is 9.85. The smallest absolute Gasteiger partial charge is 0.320 e. The Balaban J connectivity index is 0.00000243. The molecule has 1 heterocycles. The highest BCUT2D eigenvalue weighted by Crippen LogP contribution is 2.39. The van der Waals surface area contributed by atoms with Gasteiger partial charge in [-0.3, -0.25) is 14.5 Å². The van der Waals surface area contributed by atoms with Crippen LogP contribution in [0.5, 0.6) is 5.75 Å². The zero-order valence-electron chi connectivity index (χ0n) is 14.8. The zero-order valence-corrected chi connectivity index (χ0v) is 15.6. The minimum absolute atomic E-state index is 0. The first-order chi connectivity index (χ1) is 12.1. The standard InChI is InChI=1S/C19H26N2O4.ClH/c22-18(20-10-11-25-15-7-2-1-3-8-15)13-21-16-9-5-4-6-14(16)12-17(21)19(23)24;/h1-3,7-8,14,16-17H,4-6,9-13H2,(H,20,22)(H,23,24);1H. The number of benzene rings is 1. The number of hydrogen-bond acceptors (Lipinski definition) is 4. The molecule has 2 fully saturated rings. The van der Waals surface area contributed by atoms with Crippen LogP contribution in [0.2, 0.25) is 0 Å². The van der Waals surface area contributed by atoms with Crippen molar-refractivity contribution in [3.05, 3.63) is 30.3 Å². The van der Waals surface area contributed by atoms with Crippen LogP contribution in [-0.4, -0.2) is 53.7 Å². The lowest BCUT2D eigenvalue weighted by Crippen LogP contribution is -2.48. The maximum atomic E-state index is 12.3. The van der Waals surface area contributed by atoms with Crippen molar-refractivity contribution in [3.63, 3.8) is 0 Å². The maximum Gasteiger partial charge on any atom is 0.320 e. The fraction of sp³-hybridized carbons (Fsp3) is 0.579. The summed E-state index contributed by atoms with van der Waals surface area (Å²) in [6.07, 6.45) is 5.04. The van der Waals surface area contributed by atoms with Gasteiger partial charge in [0.1, 0.15) is 18.4 Å². The number of nitrogens with one attached hydrogen (secondary N) is 1. The molecular weight excluding hydrogens is 356 g/mol. The highest BCUT2D eigenvalue weighted by atomic mass is 35.5. The maximum absolute atomic E-state index is 12.3. The lowest BCUT2D eigenvalue weighted by Gasteiger charge is -2.32. The van der Waals surface area contributed by atoms with Gasteiger partial charge in [-0.05, 0) is 37.3 Å². The number of carbonyl (C=O) groups is 2. The number of carboxylic acids is 1. The molecule has 144 valence electrons. The Bertz CT molecular complexity index is 598. The number of hydrogen-bond donors (Lipinski definition) is 2. The molecule has 6 nitrogen and oxygen atoms in total. The highest BCUT2D eigenvalue weighted by Gasteiger charge is 2.45. The SMILES string of the molecule is Cl.O=C(CN1C(C(=O)O)CC2CCCCC21)NCCOc1ccccc1. The Kier molecular flexibility index (Phi) is 7.72. The molecule has 3 atom stereocenters. The second-order valence-electron chi connectivity index (χ2n) is 6.89. The fourth-order valence-corrected chi connectivity index (χ4v) is 4.12. The molecule has 2 aliphatic rings. The van der Waals surface area contributed by atoms with Crippen LogP contribution in [0.25, 0.3) is 0 Å². The molecule has 1 aromatic carbocycles. The highest BCUT2D eigenvalue weighted by molar-refractivity contribution is 5.85. The molecule has 3 unspecified atom stereocenters. The van der Waals surface area contributed by atoms with Crippen LogP contribution in [0.15, 0.2) is 30.3 Å². The summed E-state index contributed by atoms with van der Waals surface area (Å²) in [5.41, 5.74) is 0. The Hall–Kier alpha value is -1.79. The van der Waals surface area contributed by atoms with Crippen LogP contribution in [0, 0.1) is 5.92 Å². The van der Waals surface area contributed by atoms with Crippen LogP contribution in [0.1, 0.15) is 32.1 Å². The molecule has 0 bridgehead atoms. The Morgan fingerprint density at radius 2 is 1.92 bits per heavy atom. The lowest BCUT2D eigenvalue weighted by molar-refractivity contribution is -0.143. The summed E-state index contributed by atoms with van der Waals surface area (Å²) in [6, 6.07) is 9.16. The van der Waals surface area contributed by atoms with Gasteiger partial charge in [0.05, 0.1) is 13.1 Å². The molecule has 1 saturated carbocycles. The van der Waals surface area contributed by atoms with E-state index >= 15 is 0 Å². The number of halogens is 1. The Morgan fingerprint density at radius 3 is 2.65 bits per heavy atom. The third-order valence-electron chi connectivity index (χ3n) is 5.27. The second-order valence-corrected chi connectivity index (χ2v) is 6.89. The van der Waals surface area contributed by atoms with Crippen LogP contribution in [0.3, 0.4) is 0 Å². The van der Waals surface area contributed by atoms with Crippen LogP contribution >= 0.6 is 12.4 Å². The largest absolute Gasteiger partial charge is 0.492 e. The van der Waals surface area contributed by atoms with Gasteiger partial charge in [0, 0.05) is 6.04 Å². The second kappa shape index (κ2) is 9.78. The van der Waals surface area contributed by atoms with Crippen molar-refractivity contribution in [2.45, 2.75) is 44.2 Å². The molecular formula is C19H27ClN2O4. The molecule has 3 rings (SSSR count). The van der Waals surface area contributed by atoms with E-state index in [1.165, 1.54) is 6.42 Å².